The Bertz CT molecular complexity index is 464. The van der Waals surface area contributed by atoms with Gasteiger partial charge in [-0.15, -0.1) is 0 Å². The Balaban J connectivity index is 2.91. The molecule has 0 saturated heterocycles. The lowest BCUT2D eigenvalue weighted by Crippen LogP contribution is -2.26. The number of hydrogen-bond donors (Lipinski definition) is 1. The lowest BCUT2D eigenvalue weighted by molar-refractivity contribution is -0.137. The second-order valence-electron chi connectivity index (χ2n) is 4.03. The fourth-order valence-corrected chi connectivity index (χ4v) is 1.77. The lowest BCUT2D eigenvalue weighted by atomic mass is 9.81. The molecule has 0 fully saturated rings. The molecule has 0 heterocycles. The molecule has 0 aliphatic carbocycles. The zero-order valence-corrected chi connectivity index (χ0v) is 10.3. The van der Waals surface area contributed by atoms with Gasteiger partial charge in [0.2, 0.25) is 0 Å². The van der Waals surface area contributed by atoms with Crippen molar-refractivity contribution in [2.24, 2.45) is 5.41 Å². The summed E-state index contributed by atoms with van der Waals surface area (Å²) in [6, 6.07) is 11.3. The van der Waals surface area contributed by atoms with Gasteiger partial charge in [0.1, 0.15) is 0 Å². The standard InChI is InChI=1S/C13H13NO2S/c1-13(9-14,8-7-11(15)16)12(17)10-5-3-2-4-6-10/h2-6H,7-8H2,1H3,(H,15,16). The monoisotopic (exact) mass is 247 g/mol. The molecule has 0 amide bonds. The van der Waals surface area contributed by atoms with Crippen LogP contribution in [0.15, 0.2) is 30.3 Å². The normalized spacial score (nSPS) is 13.4. The van der Waals surface area contributed by atoms with E-state index in [2.05, 4.69) is 6.07 Å². The molecular weight excluding hydrogens is 234 g/mol. The molecule has 0 saturated carbocycles. The smallest absolute Gasteiger partial charge is 0.303 e. The second-order valence-corrected chi connectivity index (χ2v) is 4.44. The van der Waals surface area contributed by atoms with Crippen molar-refractivity contribution in [3.05, 3.63) is 35.9 Å². The highest BCUT2D eigenvalue weighted by molar-refractivity contribution is 7.81. The molecule has 4 heteroatoms. The molecule has 1 rings (SSSR count). The molecule has 0 radical (unpaired) electrons. The van der Waals surface area contributed by atoms with Crippen LogP contribution in [0, 0.1) is 16.7 Å². The highest BCUT2D eigenvalue weighted by atomic mass is 32.1. The predicted octanol–water partition coefficient (Wildman–Crippen LogP) is 2.80. The van der Waals surface area contributed by atoms with E-state index in [-0.39, 0.29) is 12.8 Å². The Labute approximate surface area is 106 Å². The van der Waals surface area contributed by atoms with E-state index in [1.54, 1.807) is 6.92 Å². The van der Waals surface area contributed by atoms with Gasteiger partial charge in [0.05, 0.1) is 11.5 Å². The van der Waals surface area contributed by atoms with Crippen molar-refractivity contribution in [1.29, 1.82) is 5.26 Å². The maximum atomic E-state index is 10.6. The summed E-state index contributed by atoms with van der Waals surface area (Å²) < 4.78 is 0. The number of aliphatic carboxylic acids is 1. The van der Waals surface area contributed by atoms with Gasteiger partial charge in [-0.1, -0.05) is 42.5 Å². The third-order valence-electron chi connectivity index (χ3n) is 2.62. The van der Waals surface area contributed by atoms with Gasteiger partial charge in [0.25, 0.3) is 0 Å². The second kappa shape index (κ2) is 5.55. The van der Waals surface area contributed by atoms with Crippen LogP contribution in [0.1, 0.15) is 25.3 Å². The summed E-state index contributed by atoms with van der Waals surface area (Å²) in [4.78, 5) is 11.1. The van der Waals surface area contributed by atoms with Crippen LogP contribution in [0.5, 0.6) is 0 Å². The van der Waals surface area contributed by atoms with E-state index in [0.29, 0.717) is 4.86 Å². The number of nitrogens with zero attached hydrogens (tertiary/aromatic N) is 1. The van der Waals surface area contributed by atoms with Crippen molar-refractivity contribution in [1.82, 2.24) is 0 Å². The molecule has 17 heavy (non-hydrogen) atoms. The maximum Gasteiger partial charge on any atom is 0.303 e. The van der Waals surface area contributed by atoms with Gasteiger partial charge in [-0.3, -0.25) is 4.79 Å². The average Bonchev–Trinajstić information content (AvgIpc) is 2.36. The summed E-state index contributed by atoms with van der Waals surface area (Å²) in [7, 11) is 0. The average molecular weight is 247 g/mol. The third kappa shape index (κ3) is 3.36. The number of hydrogen-bond acceptors (Lipinski definition) is 3. The fourth-order valence-electron chi connectivity index (χ4n) is 1.49. The van der Waals surface area contributed by atoms with Crippen molar-refractivity contribution in [2.75, 3.05) is 0 Å². The Morgan fingerprint density at radius 1 is 1.47 bits per heavy atom. The molecule has 1 aromatic rings. The van der Waals surface area contributed by atoms with Gasteiger partial charge >= 0.3 is 5.97 Å². The first kappa shape index (κ1) is 13.3. The van der Waals surface area contributed by atoms with Crippen LogP contribution in [0.25, 0.3) is 0 Å². The Morgan fingerprint density at radius 3 is 2.53 bits per heavy atom. The first-order valence-corrected chi connectivity index (χ1v) is 5.63. The molecular formula is C13H13NO2S. The van der Waals surface area contributed by atoms with Gasteiger partial charge < -0.3 is 5.11 Å². The van der Waals surface area contributed by atoms with Gasteiger partial charge in [-0.05, 0) is 18.9 Å². The van der Waals surface area contributed by atoms with Crippen molar-refractivity contribution in [3.63, 3.8) is 0 Å². The van der Waals surface area contributed by atoms with E-state index < -0.39 is 11.4 Å². The first-order valence-electron chi connectivity index (χ1n) is 5.22. The summed E-state index contributed by atoms with van der Waals surface area (Å²) in [5.41, 5.74) is -0.105. The minimum atomic E-state index is -0.915. The van der Waals surface area contributed by atoms with E-state index in [9.17, 15) is 10.1 Å². The van der Waals surface area contributed by atoms with Crippen molar-refractivity contribution < 1.29 is 9.90 Å². The van der Waals surface area contributed by atoms with Crippen LogP contribution in [0.3, 0.4) is 0 Å². The number of thiocarbonyl (C=S) groups is 1. The topological polar surface area (TPSA) is 61.1 Å². The highest BCUT2D eigenvalue weighted by Crippen LogP contribution is 2.28. The molecule has 1 aromatic carbocycles. The summed E-state index contributed by atoms with van der Waals surface area (Å²) >= 11 is 5.29. The Hall–Kier alpha value is -1.73. The zero-order chi connectivity index (χ0) is 12.9. The van der Waals surface area contributed by atoms with Crippen molar-refractivity contribution in [2.45, 2.75) is 19.8 Å². The lowest BCUT2D eigenvalue weighted by Gasteiger charge is -2.22. The molecule has 0 spiro atoms. The number of rotatable bonds is 5. The van der Waals surface area contributed by atoms with E-state index in [0.717, 1.165) is 5.56 Å². The Morgan fingerprint density at radius 2 is 2.06 bits per heavy atom. The summed E-state index contributed by atoms with van der Waals surface area (Å²) in [6.45, 7) is 1.69. The minimum absolute atomic E-state index is 0.0585. The van der Waals surface area contributed by atoms with Gasteiger partial charge in [-0.25, -0.2) is 0 Å². The highest BCUT2D eigenvalue weighted by Gasteiger charge is 2.30. The van der Waals surface area contributed by atoms with Crippen LogP contribution in [0.4, 0.5) is 0 Å². The molecule has 0 bridgehead atoms. The molecule has 1 unspecified atom stereocenters. The molecule has 0 aliphatic heterocycles. The zero-order valence-electron chi connectivity index (χ0n) is 9.51. The largest absolute Gasteiger partial charge is 0.481 e. The van der Waals surface area contributed by atoms with E-state index in [1.807, 2.05) is 30.3 Å². The SMILES string of the molecule is CC(C#N)(CCC(=O)O)C(=S)c1ccccc1. The third-order valence-corrected chi connectivity index (χ3v) is 3.31. The van der Waals surface area contributed by atoms with Crippen LogP contribution in [0.2, 0.25) is 0 Å². The molecule has 88 valence electrons. The quantitative estimate of drug-likeness (QED) is 0.642. The molecule has 0 aromatic heterocycles. The first-order chi connectivity index (χ1) is 7.99. The van der Waals surface area contributed by atoms with E-state index >= 15 is 0 Å². The van der Waals surface area contributed by atoms with Gasteiger partial charge in [-0.2, -0.15) is 5.26 Å². The number of benzene rings is 1. The maximum absolute atomic E-state index is 10.6. The molecule has 3 nitrogen and oxygen atoms in total. The predicted molar refractivity (Wildman–Crippen MR) is 68.7 cm³/mol. The van der Waals surface area contributed by atoms with Crippen LogP contribution < -0.4 is 0 Å². The molecule has 1 N–H and O–H groups in total. The Kier molecular flexibility index (Phi) is 4.36. The van der Waals surface area contributed by atoms with E-state index in [4.69, 9.17) is 17.3 Å². The summed E-state index contributed by atoms with van der Waals surface area (Å²) in [6.07, 6.45) is 0.170. The van der Waals surface area contributed by atoms with Crippen LogP contribution in [-0.2, 0) is 4.79 Å². The number of carboxylic acid groups (broad SMARTS) is 1. The fraction of sp³-hybridized carbons (Fsp3) is 0.308. The van der Waals surface area contributed by atoms with Crippen molar-refractivity contribution >= 4 is 23.1 Å². The molecule has 0 aliphatic rings. The minimum Gasteiger partial charge on any atom is -0.481 e. The van der Waals surface area contributed by atoms with E-state index in [1.165, 1.54) is 0 Å². The van der Waals surface area contributed by atoms with Gasteiger partial charge in [0, 0.05) is 11.3 Å². The van der Waals surface area contributed by atoms with Crippen molar-refractivity contribution in [3.8, 4) is 6.07 Å². The number of carbonyl (C=O) groups is 1. The van der Waals surface area contributed by atoms with Crippen LogP contribution in [-0.4, -0.2) is 15.9 Å². The number of nitriles is 1. The summed E-state index contributed by atoms with van der Waals surface area (Å²) in [5, 5.41) is 17.9. The van der Waals surface area contributed by atoms with Gasteiger partial charge in [0.15, 0.2) is 0 Å². The summed E-state index contributed by atoms with van der Waals surface area (Å²) in [5.74, 6) is -0.915. The van der Waals surface area contributed by atoms with Crippen LogP contribution >= 0.6 is 12.2 Å². The number of carboxylic acids is 1. The molecule has 1 atom stereocenters.